The van der Waals surface area contributed by atoms with E-state index in [9.17, 15) is 14.7 Å². The smallest absolute Gasteiger partial charge is 0.268 e. The molecule has 1 aromatic carbocycles. The standard InChI is InChI=1S/C17H20N2O4/c1-23-8-7-16(21)13-9-14(18-10-13)17(22)19-15(11-20)12-5-3-2-4-6-12/h2-6,9-10,15,18,20H,7-8,11H2,1H3,(H,19,22). The van der Waals surface area contributed by atoms with Crippen LogP contribution in [0.4, 0.5) is 0 Å². The predicted octanol–water partition coefficient (Wildman–Crippen LogP) is 1.70. The van der Waals surface area contributed by atoms with Crippen molar-refractivity contribution in [2.24, 2.45) is 0 Å². The molecule has 23 heavy (non-hydrogen) atoms. The van der Waals surface area contributed by atoms with Gasteiger partial charge in [0.15, 0.2) is 5.78 Å². The fourth-order valence-corrected chi connectivity index (χ4v) is 2.18. The second-order valence-corrected chi connectivity index (χ2v) is 5.09. The number of ether oxygens (including phenoxy) is 1. The maximum Gasteiger partial charge on any atom is 0.268 e. The van der Waals surface area contributed by atoms with Crippen molar-refractivity contribution in [1.82, 2.24) is 10.3 Å². The number of H-pyrrole nitrogens is 1. The lowest BCUT2D eigenvalue weighted by Gasteiger charge is -2.16. The fraction of sp³-hybridized carbons (Fsp3) is 0.294. The topological polar surface area (TPSA) is 91.4 Å². The summed E-state index contributed by atoms with van der Waals surface area (Å²) in [6.07, 6.45) is 1.77. The van der Waals surface area contributed by atoms with Crippen LogP contribution < -0.4 is 5.32 Å². The Hall–Kier alpha value is -2.44. The first-order chi connectivity index (χ1) is 11.2. The van der Waals surface area contributed by atoms with Gasteiger partial charge in [-0.15, -0.1) is 0 Å². The maximum absolute atomic E-state index is 12.2. The van der Waals surface area contributed by atoms with Gasteiger partial charge in [0.25, 0.3) is 5.91 Å². The summed E-state index contributed by atoms with van der Waals surface area (Å²) in [5, 5.41) is 12.2. The van der Waals surface area contributed by atoms with Gasteiger partial charge in [-0.25, -0.2) is 0 Å². The number of hydrogen-bond acceptors (Lipinski definition) is 4. The summed E-state index contributed by atoms with van der Waals surface area (Å²) in [5.41, 5.74) is 1.53. The van der Waals surface area contributed by atoms with Gasteiger partial charge in [-0.1, -0.05) is 30.3 Å². The Kier molecular flexibility index (Phi) is 6.08. The van der Waals surface area contributed by atoms with Crippen molar-refractivity contribution in [2.75, 3.05) is 20.3 Å². The molecule has 1 unspecified atom stereocenters. The molecule has 1 atom stereocenters. The SMILES string of the molecule is COCCC(=O)c1c[nH]c(C(=O)NC(CO)c2ccccc2)c1. The quantitative estimate of drug-likeness (QED) is 0.646. The normalized spacial score (nSPS) is 11.9. The molecule has 6 nitrogen and oxygen atoms in total. The number of aromatic amines is 1. The van der Waals surface area contributed by atoms with Crippen LogP contribution in [0.2, 0.25) is 0 Å². The Balaban J connectivity index is 2.03. The van der Waals surface area contributed by atoms with E-state index in [-0.39, 0.29) is 30.4 Å². The number of aliphatic hydroxyl groups is 1. The molecule has 3 N–H and O–H groups in total. The second kappa shape index (κ2) is 8.26. The van der Waals surface area contributed by atoms with Crippen molar-refractivity contribution in [3.05, 3.63) is 59.4 Å². The number of methoxy groups -OCH3 is 1. The van der Waals surface area contributed by atoms with Crippen LogP contribution in [-0.2, 0) is 4.74 Å². The van der Waals surface area contributed by atoms with Crippen molar-refractivity contribution >= 4 is 11.7 Å². The molecule has 2 rings (SSSR count). The fourth-order valence-electron chi connectivity index (χ4n) is 2.18. The number of benzene rings is 1. The monoisotopic (exact) mass is 316 g/mol. The molecule has 0 spiro atoms. The number of amides is 1. The lowest BCUT2D eigenvalue weighted by molar-refractivity contribution is 0.0911. The molecule has 1 aromatic heterocycles. The first-order valence-corrected chi connectivity index (χ1v) is 7.33. The molecule has 0 saturated heterocycles. The first kappa shape index (κ1) is 16.9. The zero-order chi connectivity index (χ0) is 16.7. The van der Waals surface area contributed by atoms with E-state index in [1.165, 1.54) is 19.4 Å². The van der Waals surface area contributed by atoms with Crippen LogP contribution in [0.5, 0.6) is 0 Å². The van der Waals surface area contributed by atoms with Crippen LogP contribution >= 0.6 is 0 Å². The van der Waals surface area contributed by atoms with E-state index < -0.39 is 6.04 Å². The Morgan fingerprint density at radius 3 is 2.70 bits per heavy atom. The molecule has 0 aliphatic heterocycles. The number of aliphatic hydroxyl groups excluding tert-OH is 1. The molecule has 6 heteroatoms. The summed E-state index contributed by atoms with van der Waals surface area (Å²) in [6.45, 7) is 0.127. The highest BCUT2D eigenvalue weighted by molar-refractivity contribution is 6.00. The molecule has 1 heterocycles. The Bertz CT molecular complexity index is 652. The van der Waals surface area contributed by atoms with Gasteiger partial charge in [-0.05, 0) is 11.6 Å². The van der Waals surface area contributed by atoms with Crippen molar-refractivity contribution in [3.63, 3.8) is 0 Å². The third-order valence-corrected chi connectivity index (χ3v) is 3.47. The average molecular weight is 316 g/mol. The van der Waals surface area contributed by atoms with Crippen molar-refractivity contribution in [2.45, 2.75) is 12.5 Å². The summed E-state index contributed by atoms with van der Waals surface area (Å²) in [7, 11) is 1.53. The molecule has 1 amide bonds. The summed E-state index contributed by atoms with van der Waals surface area (Å²) >= 11 is 0. The minimum Gasteiger partial charge on any atom is -0.394 e. The third kappa shape index (κ3) is 4.51. The van der Waals surface area contributed by atoms with Gasteiger partial charge in [0, 0.05) is 25.3 Å². The summed E-state index contributed by atoms with van der Waals surface area (Å²) in [6, 6.07) is 10.2. The lowest BCUT2D eigenvalue weighted by atomic mass is 10.1. The number of aromatic nitrogens is 1. The number of nitrogens with one attached hydrogen (secondary N) is 2. The zero-order valence-electron chi connectivity index (χ0n) is 12.9. The first-order valence-electron chi connectivity index (χ1n) is 7.33. The maximum atomic E-state index is 12.2. The lowest BCUT2D eigenvalue weighted by Crippen LogP contribution is -2.30. The van der Waals surface area contributed by atoms with Gasteiger partial charge in [0.05, 0.1) is 19.3 Å². The summed E-state index contributed by atoms with van der Waals surface area (Å²) < 4.78 is 4.87. The van der Waals surface area contributed by atoms with Crippen LogP contribution in [0.3, 0.4) is 0 Å². The minimum atomic E-state index is -0.500. The number of carbonyl (C=O) groups is 2. The molecule has 0 saturated carbocycles. The van der Waals surface area contributed by atoms with Gasteiger partial charge in [-0.3, -0.25) is 9.59 Å². The molecule has 122 valence electrons. The average Bonchev–Trinajstić information content (AvgIpc) is 3.08. The van der Waals surface area contributed by atoms with Gasteiger partial charge < -0.3 is 20.1 Å². The van der Waals surface area contributed by atoms with E-state index in [1.54, 1.807) is 0 Å². The molecule has 2 aromatic rings. The van der Waals surface area contributed by atoms with Gasteiger partial charge in [-0.2, -0.15) is 0 Å². The molecule has 0 radical (unpaired) electrons. The number of carbonyl (C=O) groups excluding carboxylic acids is 2. The highest BCUT2D eigenvalue weighted by atomic mass is 16.5. The molecule has 0 aliphatic carbocycles. The highest BCUT2D eigenvalue weighted by Gasteiger charge is 2.17. The van der Waals surface area contributed by atoms with E-state index >= 15 is 0 Å². The number of rotatable bonds is 8. The third-order valence-electron chi connectivity index (χ3n) is 3.47. The summed E-state index contributed by atoms with van der Waals surface area (Å²) in [5.74, 6) is -0.470. The van der Waals surface area contributed by atoms with Crippen molar-refractivity contribution in [1.29, 1.82) is 0 Å². The van der Waals surface area contributed by atoms with Crippen LogP contribution in [0, 0.1) is 0 Å². The largest absolute Gasteiger partial charge is 0.394 e. The van der Waals surface area contributed by atoms with Crippen LogP contribution in [0.25, 0.3) is 0 Å². The van der Waals surface area contributed by atoms with E-state index in [0.717, 1.165) is 5.56 Å². The van der Waals surface area contributed by atoms with Crippen LogP contribution in [0.15, 0.2) is 42.6 Å². The van der Waals surface area contributed by atoms with E-state index in [2.05, 4.69) is 10.3 Å². The Morgan fingerprint density at radius 2 is 2.04 bits per heavy atom. The van der Waals surface area contributed by atoms with Crippen LogP contribution in [-0.4, -0.2) is 42.1 Å². The molecule has 0 aliphatic rings. The van der Waals surface area contributed by atoms with E-state index in [0.29, 0.717) is 12.2 Å². The molecular formula is C17H20N2O4. The molecule has 0 fully saturated rings. The Morgan fingerprint density at radius 1 is 1.30 bits per heavy atom. The van der Waals surface area contributed by atoms with Gasteiger partial charge in [0.2, 0.25) is 0 Å². The minimum absolute atomic E-state index is 0.0936. The van der Waals surface area contributed by atoms with Crippen molar-refractivity contribution in [3.8, 4) is 0 Å². The molecule has 0 bridgehead atoms. The summed E-state index contributed by atoms with van der Waals surface area (Å²) in [4.78, 5) is 26.9. The van der Waals surface area contributed by atoms with Gasteiger partial charge in [0.1, 0.15) is 5.69 Å². The zero-order valence-corrected chi connectivity index (χ0v) is 12.9. The second-order valence-electron chi connectivity index (χ2n) is 5.09. The predicted molar refractivity (Wildman–Crippen MR) is 85.4 cm³/mol. The van der Waals surface area contributed by atoms with E-state index in [4.69, 9.17) is 4.74 Å². The number of Topliss-reactive ketones (excluding diaryl/α,β-unsaturated/α-hetero) is 1. The van der Waals surface area contributed by atoms with E-state index in [1.807, 2.05) is 30.3 Å². The van der Waals surface area contributed by atoms with Crippen molar-refractivity contribution < 1.29 is 19.4 Å². The molecular weight excluding hydrogens is 296 g/mol. The number of hydrogen-bond donors (Lipinski definition) is 3. The van der Waals surface area contributed by atoms with Crippen LogP contribution in [0.1, 0.15) is 38.9 Å². The number of ketones is 1. The Labute approximate surface area is 134 Å². The van der Waals surface area contributed by atoms with Gasteiger partial charge >= 0.3 is 0 Å². The highest BCUT2D eigenvalue weighted by Crippen LogP contribution is 2.13.